The third-order valence-electron chi connectivity index (χ3n) is 5.13. The largest absolute Gasteiger partial charge is 0.497 e. The fourth-order valence-electron chi connectivity index (χ4n) is 3.41. The number of aliphatic hydroxyl groups excluding tert-OH is 2. The standard InChI is InChI=1S/C19H28N2O5S/c1-19(24,10-9-11-5-7-12(25-4)8-6-11)16-15(23)14(22)13-17(26-16)27-18(20-13)21(2)3/h5-8,13-17,22-24H,9-10H2,1-4H3/t13-,14-,15+,16+,17-,19+/m1/s1. The van der Waals surface area contributed by atoms with Crippen LogP contribution in [0.1, 0.15) is 18.9 Å². The van der Waals surface area contributed by atoms with Crippen LogP contribution in [0, 0.1) is 0 Å². The molecule has 0 aromatic heterocycles. The van der Waals surface area contributed by atoms with E-state index in [1.54, 1.807) is 14.0 Å². The first-order valence-corrected chi connectivity index (χ1v) is 9.89. The molecule has 0 spiro atoms. The smallest absolute Gasteiger partial charge is 0.161 e. The maximum Gasteiger partial charge on any atom is 0.161 e. The highest BCUT2D eigenvalue weighted by Gasteiger charge is 2.53. The molecule has 2 aliphatic rings. The summed E-state index contributed by atoms with van der Waals surface area (Å²) in [7, 11) is 5.36. The lowest BCUT2D eigenvalue weighted by Crippen LogP contribution is -2.62. The van der Waals surface area contributed by atoms with Crippen molar-refractivity contribution in [3.05, 3.63) is 29.8 Å². The molecule has 0 unspecified atom stereocenters. The second-order valence-electron chi connectivity index (χ2n) is 7.53. The maximum absolute atomic E-state index is 11.0. The Morgan fingerprint density at radius 2 is 1.89 bits per heavy atom. The van der Waals surface area contributed by atoms with Crippen molar-refractivity contribution in [3.63, 3.8) is 0 Å². The van der Waals surface area contributed by atoms with Crippen LogP contribution < -0.4 is 4.74 Å². The van der Waals surface area contributed by atoms with Gasteiger partial charge in [0.1, 0.15) is 35.5 Å². The number of benzene rings is 1. The Morgan fingerprint density at radius 3 is 2.48 bits per heavy atom. The Balaban J connectivity index is 1.67. The maximum atomic E-state index is 11.0. The van der Waals surface area contributed by atoms with Gasteiger partial charge in [0.15, 0.2) is 5.17 Å². The predicted octanol–water partition coefficient (Wildman–Crippen LogP) is 0.858. The molecule has 2 aliphatic heterocycles. The molecule has 27 heavy (non-hydrogen) atoms. The molecule has 3 rings (SSSR count). The van der Waals surface area contributed by atoms with Gasteiger partial charge >= 0.3 is 0 Å². The van der Waals surface area contributed by atoms with Crippen LogP contribution in [0.4, 0.5) is 0 Å². The fourth-order valence-corrected chi connectivity index (χ4v) is 4.55. The van der Waals surface area contributed by atoms with Crippen LogP contribution in [0.2, 0.25) is 0 Å². The van der Waals surface area contributed by atoms with E-state index in [9.17, 15) is 15.3 Å². The van der Waals surface area contributed by atoms with E-state index in [0.717, 1.165) is 16.5 Å². The van der Waals surface area contributed by atoms with Gasteiger partial charge in [-0.1, -0.05) is 23.9 Å². The van der Waals surface area contributed by atoms with E-state index in [1.807, 2.05) is 43.3 Å². The molecule has 1 aromatic rings. The molecule has 8 heteroatoms. The third-order valence-corrected chi connectivity index (χ3v) is 6.43. The molecule has 0 aliphatic carbocycles. The van der Waals surface area contributed by atoms with Gasteiger partial charge in [0.2, 0.25) is 0 Å². The van der Waals surface area contributed by atoms with Crippen LogP contribution in [0.25, 0.3) is 0 Å². The Morgan fingerprint density at radius 1 is 1.22 bits per heavy atom. The van der Waals surface area contributed by atoms with Gasteiger partial charge in [-0.2, -0.15) is 0 Å². The molecule has 0 saturated carbocycles. The summed E-state index contributed by atoms with van der Waals surface area (Å²) in [5.41, 5.74) is -0.668. The lowest BCUT2D eigenvalue weighted by Gasteiger charge is -2.44. The molecule has 0 radical (unpaired) electrons. The van der Waals surface area contributed by atoms with Crippen molar-refractivity contribution in [3.8, 4) is 5.75 Å². The number of aliphatic imine (C=N–C) groups is 1. The van der Waals surface area contributed by atoms with Gasteiger partial charge in [-0.3, -0.25) is 4.99 Å². The number of methoxy groups -OCH3 is 1. The predicted molar refractivity (Wildman–Crippen MR) is 105 cm³/mol. The normalized spacial score (nSPS) is 32.4. The Bertz CT molecular complexity index is 679. The molecule has 1 aromatic carbocycles. The van der Waals surface area contributed by atoms with Crippen molar-refractivity contribution in [2.45, 2.75) is 55.2 Å². The summed E-state index contributed by atoms with van der Waals surface area (Å²) in [4.78, 5) is 6.29. The van der Waals surface area contributed by atoms with Gasteiger partial charge in [0, 0.05) is 14.1 Å². The third kappa shape index (κ3) is 4.25. The highest BCUT2D eigenvalue weighted by atomic mass is 32.2. The van der Waals surface area contributed by atoms with E-state index in [0.29, 0.717) is 12.8 Å². The molecule has 2 heterocycles. The van der Waals surface area contributed by atoms with Crippen molar-refractivity contribution in [1.29, 1.82) is 0 Å². The lowest BCUT2D eigenvalue weighted by molar-refractivity contribution is -0.214. The summed E-state index contributed by atoms with van der Waals surface area (Å²) in [6.07, 6.45) is -2.18. The van der Waals surface area contributed by atoms with E-state index in [-0.39, 0.29) is 0 Å². The number of nitrogens with zero attached hydrogens (tertiary/aromatic N) is 2. The number of rotatable bonds is 5. The zero-order valence-corrected chi connectivity index (χ0v) is 16.9. The minimum atomic E-state index is -1.30. The van der Waals surface area contributed by atoms with Gasteiger partial charge in [0.05, 0.1) is 12.7 Å². The summed E-state index contributed by atoms with van der Waals surface area (Å²) < 4.78 is 11.2. The molecule has 0 bridgehead atoms. The average molecular weight is 397 g/mol. The summed E-state index contributed by atoms with van der Waals surface area (Å²) in [5, 5.41) is 32.8. The average Bonchev–Trinajstić information content (AvgIpc) is 3.08. The monoisotopic (exact) mass is 396 g/mol. The van der Waals surface area contributed by atoms with E-state index in [4.69, 9.17) is 9.47 Å². The van der Waals surface area contributed by atoms with Crippen LogP contribution in [-0.4, -0.2) is 82.0 Å². The molecule has 1 saturated heterocycles. The SMILES string of the molecule is COc1ccc(CC[C@](C)(O)[C@H]2O[C@@H]3SC(N(C)C)=N[C@@H]3[C@@H](O)[C@@H]2O)cc1. The van der Waals surface area contributed by atoms with Gasteiger partial charge in [0.25, 0.3) is 0 Å². The molecule has 1 fully saturated rings. The number of aryl methyl sites for hydroxylation is 1. The zero-order chi connectivity index (χ0) is 19.8. The summed E-state index contributed by atoms with van der Waals surface area (Å²) in [6.45, 7) is 1.64. The van der Waals surface area contributed by atoms with E-state index in [1.165, 1.54) is 11.8 Å². The number of aliphatic hydroxyl groups is 3. The molecule has 3 N–H and O–H groups in total. The summed E-state index contributed by atoms with van der Waals surface area (Å²) in [5.74, 6) is 0.778. The van der Waals surface area contributed by atoms with E-state index in [2.05, 4.69) is 4.99 Å². The number of fused-ring (bicyclic) bond motifs is 1. The fraction of sp³-hybridized carbons (Fsp3) is 0.632. The Kier molecular flexibility index (Phi) is 6.02. The lowest BCUT2D eigenvalue weighted by atomic mass is 9.83. The highest BCUT2D eigenvalue weighted by Crippen LogP contribution is 2.40. The number of amidine groups is 1. The minimum Gasteiger partial charge on any atom is -0.497 e. The van der Waals surface area contributed by atoms with Gasteiger partial charge < -0.3 is 29.7 Å². The number of hydrogen-bond donors (Lipinski definition) is 3. The molecule has 7 nitrogen and oxygen atoms in total. The zero-order valence-electron chi connectivity index (χ0n) is 16.1. The highest BCUT2D eigenvalue weighted by molar-refractivity contribution is 8.14. The quantitative estimate of drug-likeness (QED) is 0.679. The van der Waals surface area contributed by atoms with Crippen LogP contribution in [0.3, 0.4) is 0 Å². The molecular formula is C19H28N2O5S. The van der Waals surface area contributed by atoms with Crippen LogP contribution in [0.5, 0.6) is 5.75 Å². The first-order valence-electron chi connectivity index (χ1n) is 9.01. The molecular weight excluding hydrogens is 368 g/mol. The van der Waals surface area contributed by atoms with Crippen molar-refractivity contribution < 1.29 is 24.8 Å². The Hall–Kier alpha value is -1.32. The van der Waals surface area contributed by atoms with Gasteiger partial charge in [-0.05, 0) is 37.5 Å². The van der Waals surface area contributed by atoms with Crippen LogP contribution in [-0.2, 0) is 11.2 Å². The molecule has 6 atom stereocenters. The first kappa shape index (κ1) is 20.4. The minimum absolute atomic E-state index is 0.386. The van der Waals surface area contributed by atoms with Crippen molar-refractivity contribution in [1.82, 2.24) is 4.90 Å². The second-order valence-corrected chi connectivity index (χ2v) is 8.59. The van der Waals surface area contributed by atoms with Crippen molar-refractivity contribution in [2.24, 2.45) is 4.99 Å². The number of ether oxygens (including phenoxy) is 2. The summed E-state index contributed by atoms with van der Waals surface area (Å²) >= 11 is 1.40. The van der Waals surface area contributed by atoms with E-state index < -0.39 is 35.4 Å². The molecule has 0 amide bonds. The number of thioether (sulfide) groups is 1. The first-order chi connectivity index (χ1) is 12.7. The van der Waals surface area contributed by atoms with Gasteiger partial charge in [-0.25, -0.2) is 0 Å². The van der Waals surface area contributed by atoms with Crippen LogP contribution >= 0.6 is 11.8 Å². The Labute approximate surface area is 164 Å². The topological polar surface area (TPSA) is 94.8 Å². The van der Waals surface area contributed by atoms with Crippen LogP contribution in [0.15, 0.2) is 29.3 Å². The van der Waals surface area contributed by atoms with Crippen molar-refractivity contribution in [2.75, 3.05) is 21.2 Å². The van der Waals surface area contributed by atoms with Crippen molar-refractivity contribution >= 4 is 16.9 Å². The van der Waals surface area contributed by atoms with E-state index >= 15 is 0 Å². The van der Waals surface area contributed by atoms with Gasteiger partial charge in [-0.15, -0.1) is 0 Å². The molecule has 150 valence electrons. The number of hydrogen-bond acceptors (Lipinski definition) is 8. The summed E-state index contributed by atoms with van der Waals surface area (Å²) in [6, 6.07) is 7.11. The second kappa shape index (κ2) is 7.97.